The van der Waals surface area contributed by atoms with Crippen molar-refractivity contribution in [1.82, 2.24) is 10.6 Å². The maximum absolute atomic E-state index is 12.5. The van der Waals surface area contributed by atoms with Gasteiger partial charge in [0.15, 0.2) is 6.04 Å². The molecule has 176 valence electrons. The molecule has 0 saturated heterocycles. The van der Waals surface area contributed by atoms with Gasteiger partial charge in [-0.3, -0.25) is 4.79 Å². The van der Waals surface area contributed by atoms with Gasteiger partial charge in [-0.1, -0.05) is 61.9 Å². The maximum Gasteiger partial charge on any atom is 0.407 e. The molecule has 0 saturated carbocycles. The summed E-state index contributed by atoms with van der Waals surface area (Å²) in [5.41, 5.74) is 4.53. The number of amides is 2. The van der Waals surface area contributed by atoms with Gasteiger partial charge in [0, 0.05) is 25.5 Å². The molecule has 1 aliphatic carbocycles. The number of fused-ring (bicyclic) bond motifs is 3. The SMILES string of the molecule is CCCC(CC(=O)N[C@@H](COC)C(=O)O)NC(=O)OCC1c2ccccc2-c2ccccc21. The Morgan fingerprint density at radius 1 is 1.00 bits per heavy atom. The molecule has 0 aromatic heterocycles. The largest absolute Gasteiger partial charge is 0.480 e. The van der Waals surface area contributed by atoms with E-state index in [1.807, 2.05) is 43.3 Å². The Morgan fingerprint density at radius 3 is 2.15 bits per heavy atom. The topological polar surface area (TPSA) is 114 Å². The van der Waals surface area contributed by atoms with E-state index in [4.69, 9.17) is 14.6 Å². The standard InChI is InChI=1S/C25H30N2O6/c1-3-8-16(13-23(28)27-22(15-32-2)24(29)30)26-25(31)33-14-21-19-11-6-4-9-17(19)18-10-5-7-12-20(18)21/h4-7,9-12,16,21-22H,3,8,13-15H2,1-2H3,(H,26,31)(H,27,28)(H,29,30)/t16?,22-/m0/s1. The highest BCUT2D eigenvalue weighted by Crippen LogP contribution is 2.44. The van der Waals surface area contributed by atoms with Gasteiger partial charge < -0.3 is 25.2 Å². The van der Waals surface area contributed by atoms with Crippen LogP contribution in [0.15, 0.2) is 48.5 Å². The Hall–Kier alpha value is -3.39. The van der Waals surface area contributed by atoms with E-state index < -0.39 is 30.1 Å². The molecule has 8 nitrogen and oxygen atoms in total. The zero-order chi connectivity index (χ0) is 23.8. The molecule has 1 unspecified atom stereocenters. The number of alkyl carbamates (subject to hydrolysis) is 1. The number of carboxylic acids is 1. The van der Waals surface area contributed by atoms with E-state index in [9.17, 15) is 14.4 Å². The Labute approximate surface area is 193 Å². The monoisotopic (exact) mass is 454 g/mol. The molecule has 0 radical (unpaired) electrons. The second-order valence-corrected chi connectivity index (χ2v) is 8.07. The first kappa shape index (κ1) is 24.3. The highest BCUT2D eigenvalue weighted by Gasteiger charge is 2.29. The van der Waals surface area contributed by atoms with Crippen LogP contribution in [-0.2, 0) is 19.1 Å². The van der Waals surface area contributed by atoms with E-state index in [1.165, 1.54) is 7.11 Å². The quantitative estimate of drug-likeness (QED) is 0.480. The lowest BCUT2D eigenvalue weighted by Crippen LogP contribution is -2.46. The molecule has 2 amide bonds. The summed E-state index contributed by atoms with van der Waals surface area (Å²) in [6, 6.07) is 14.6. The summed E-state index contributed by atoms with van der Waals surface area (Å²) in [4.78, 5) is 36.1. The van der Waals surface area contributed by atoms with Crippen LogP contribution in [0.5, 0.6) is 0 Å². The highest BCUT2D eigenvalue weighted by molar-refractivity contribution is 5.84. The average Bonchev–Trinajstić information content (AvgIpc) is 3.11. The summed E-state index contributed by atoms with van der Waals surface area (Å²) < 4.78 is 10.4. The van der Waals surface area contributed by atoms with Crippen LogP contribution >= 0.6 is 0 Å². The van der Waals surface area contributed by atoms with Gasteiger partial charge in [0.05, 0.1) is 6.61 Å². The van der Waals surface area contributed by atoms with Crippen LogP contribution in [-0.4, -0.2) is 55.5 Å². The summed E-state index contributed by atoms with van der Waals surface area (Å²) in [5, 5.41) is 14.3. The van der Waals surface area contributed by atoms with E-state index in [1.54, 1.807) is 0 Å². The van der Waals surface area contributed by atoms with Crippen LogP contribution in [0.3, 0.4) is 0 Å². The normalized spacial score (nSPS) is 14.0. The fourth-order valence-electron chi connectivity index (χ4n) is 4.20. The summed E-state index contributed by atoms with van der Waals surface area (Å²) in [7, 11) is 1.36. The number of methoxy groups -OCH3 is 1. The molecular weight excluding hydrogens is 424 g/mol. The lowest BCUT2D eigenvalue weighted by atomic mass is 9.98. The van der Waals surface area contributed by atoms with Crippen molar-refractivity contribution in [2.45, 2.75) is 44.2 Å². The van der Waals surface area contributed by atoms with E-state index >= 15 is 0 Å². The van der Waals surface area contributed by atoms with Gasteiger partial charge in [0.25, 0.3) is 0 Å². The summed E-state index contributed by atoms with van der Waals surface area (Å²) in [5.74, 6) is -1.71. The number of nitrogens with one attached hydrogen (secondary N) is 2. The number of carbonyl (C=O) groups is 3. The van der Waals surface area contributed by atoms with Crippen molar-refractivity contribution < 1.29 is 29.0 Å². The maximum atomic E-state index is 12.5. The van der Waals surface area contributed by atoms with E-state index in [2.05, 4.69) is 22.8 Å². The molecule has 1 aliphatic rings. The number of aliphatic carboxylic acids is 1. The number of rotatable bonds is 11. The zero-order valence-electron chi connectivity index (χ0n) is 18.9. The van der Waals surface area contributed by atoms with Crippen LogP contribution in [0.25, 0.3) is 11.1 Å². The van der Waals surface area contributed by atoms with Crippen LogP contribution in [0.1, 0.15) is 43.2 Å². The van der Waals surface area contributed by atoms with Crippen molar-refractivity contribution in [3.63, 3.8) is 0 Å². The van der Waals surface area contributed by atoms with Gasteiger partial charge >= 0.3 is 12.1 Å². The van der Waals surface area contributed by atoms with Gasteiger partial charge in [0.1, 0.15) is 6.61 Å². The number of hydrogen-bond donors (Lipinski definition) is 3. The molecule has 0 fully saturated rings. The Balaban J connectivity index is 1.58. The van der Waals surface area contributed by atoms with Gasteiger partial charge in [-0.2, -0.15) is 0 Å². The fourth-order valence-corrected chi connectivity index (χ4v) is 4.20. The van der Waals surface area contributed by atoms with Crippen molar-refractivity contribution in [1.29, 1.82) is 0 Å². The molecule has 0 heterocycles. The van der Waals surface area contributed by atoms with Gasteiger partial charge in [-0.25, -0.2) is 9.59 Å². The molecule has 0 bridgehead atoms. The molecule has 33 heavy (non-hydrogen) atoms. The van der Waals surface area contributed by atoms with Gasteiger partial charge in [-0.05, 0) is 28.7 Å². The number of carbonyl (C=O) groups excluding carboxylic acids is 2. The number of hydrogen-bond acceptors (Lipinski definition) is 5. The summed E-state index contributed by atoms with van der Waals surface area (Å²) in [6.07, 6.45) is 0.641. The molecule has 0 spiro atoms. The molecule has 8 heteroatoms. The lowest BCUT2D eigenvalue weighted by molar-refractivity contribution is -0.143. The molecule has 0 aliphatic heterocycles. The molecule has 2 atom stereocenters. The zero-order valence-corrected chi connectivity index (χ0v) is 18.9. The van der Waals surface area contributed by atoms with Crippen LogP contribution in [0.4, 0.5) is 4.79 Å². The van der Waals surface area contributed by atoms with Crippen molar-refractivity contribution in [3.05, 3.63) is 59.7 Å². The van der Waals surface area contributed by atoms with E-state index in [-0.39, 0.29) is 25.6 Å². The minimum absolute atomic E-state index is 0.0501. The molecule has 3 N–H and O–H groups in total. The Kier molecular flexibility index (Phi) is 8.43. The van der Waals surface area contributed by atoms with Crippen LogP contribution in [0.2, 0.25) is 0 Å². The van der Waals surface area contributed by atoms with Gasteiger partial charge in [-0.15, -0.1) is 0 Å². The molecular formula is C25H30N2O6. The number of benzene rings is 2. The Morgan fingerprint density at radius 2 is 1.61 bits per heavy atom. The van der Waals surface area contributed by atoms with Crippen molar-refractivity contribution in [2.75, 3.05) is 20.3 Å². The molecule has 3 rings (SSSR count). The van der Waals surface area contributed by atoms with Crippen LogP contribution < -0.4 is 10.6 Å². The molecule has 2 aromatic carbocycles. The van der Waals surface area contributed by atoms with Gasteiger partial charge in [0.2, 0.25) is 5.91 Å². The minimum Gasteiger partial charge on any atom is -0.480 e. The first-order valence-corrected chi connectivity index (χ1v) is 11.1. The first-order chi connectivity index (χ1) is 15.9. The predicted octanol–water partition coefficient (Wildman–Crippen LogP) is 3.30. The third kappa shape index (κ3) is 6.10. The first-order valence-electron chi connectivity index (χ1n) is 11.1. The predicted molar refractivity (Wildman–Crippen MR) is 123 cm³/mol. The minimum atomic E-state index is -1.18. The number of ether oxygens (including phenoxy) is 2. The van der Waals surface area contributed by atoms with Crippen molar-refractivity contribution in [3.8, 4) is 11.1 Å². The van der Waals surface area contributed by atoms with Crippen molar-refractivity contribution >= 4 is 18.0 Å². The third-order valence-corrected chi connectivity index (χ3v) is 5.70. The smallest absolute Gasteiger partial charge is 0.407 e. The summed E-state index contributed by atoms with van der Waals surface area (Å²) in [6.45, 7) is 1.98. The van der Waals surface area contributed by atoms with E-state index in [0.29, 0.717) is 6.42 Å². The third-order valence-electron chi connectivity index (χ3n) is 5.70. The van der Waals surface area contributed by atoms with E-state index in [0.717, 1.165) is 28.7 Å². The second-order valence-electron chi connectivity index (χ2n) is 8.07. The molecule has 2 aromatic rings. The fraction of sp³-hybridized carbons (Fsp3) is 0.400. The summed E-state index contributed by atoms with van der Waals surface area (Å²) >= 11 is 0. The average molecular weight is 455 g/mol. The highest BCUT2D eigenvalue weighted by atomic mass is 16.5. The van der Waals surface area contributed by atoms with Crippen LogP contribution in [0, 0.1) is 0 Å². The Bertz CT molecular complexity index is 947. The van der Waals surface area contributed by atoms with Crippen molar-refractivity contribution in [2.24, 2.45) is 0 Å². The second kappa shape index (κ2) is 11.5. The number of carboxylic acid groups (broad SMARTS) is 1. The lowest BCUT2D eigenvalue weighted by Gasteiger charge is -2.20.